The number of carbonyl (C=O) groups is 2. The van der Waals surface area contributed by atoms with E-state index in [9.17, 15) is 18.0 Å². The highest BCUT2D eigenvalue weighted by molar-refractivity contribution is 7.89. The van der Waals surface area contributed by atoms with Crippen molar-refractivity contribution in [1.82, 2.24) is 9.62 Å². The van der Waals surface area contributed by atoms with Crippen molar-refractivity contribution >= 4 is 45.1 Å². The van der Waals surface area contributed by atoms with Gasteiger partial charge in [0.1, 0.15) is 0 Å². The molecule has 2 aromatic rings. The third kappa shape index (κ3) is 5.68. The number of nitrogens with one attached hydrogen (secondary N) is 1. The maximum Gasteiger partial charge on any atom is 0.340 e. The molecule has 1 N–H and O–H groups in total. The van der Waals surface area contributed by atoms with Crippen molar-refractivity contribution in [3.05, 3.63) is 63.6 Å². The predicted octanol–water partition coefficient (Wildman–Crippen LogP) is 2.72. The molecule has 2 aromatic carbocycles. The topological polar surface area (TPSA) is 92.8 Å². The van der Waals surface area contributed by atoms with E-state index >= 15 is 0 Å². The highest BCUT2D eigenvalue weighted by atomic mass is 35.5. The van der Waals surface area contributed by atoms with Crippen molar-refractivity contribution < 1.29 is 22.7 Å². The van der Waals surface area contributed by atoms with E-state index < -0.39 is 28.5 Å². The number of hydrogen-bond acceptors (Lipinski definition) is 5. The second kappa shape index (κ2) is 9.38. The van der Waals surface area contributed by atoms with Gasteiger partial charge in [-0.1, -0.05) is 35.3 Å². The zero-order valence-corrected chi connectivity index (χ0v) is 17.4. The number of nitrogens with zero attached hydrogens (tertiary/aromatic N) is 1. The van der Waals surface area contributed by atoms with Crippen molar-refractivity contribution in [2.75, 3.05) is 20.7 Å². The van der Waals surface area contributed by atoms with Crippen LogP contribution in [0.4, 0.5) is 0 Å². The average Bonchev–Trinajstić information content (AvgIpc) is 2.65. The molecule has 2 rings (SSSR count). The lowest BCUT2D eigenvalue weighted by molar-refractivity contribution is -0.124. The summed E-state index contributed by atoms with van der Waals surface area (Å²) in [5, 5.41) is 3.20. The quantitative estimate of drug-likeness (QED) is 0.662. The number of ether oxygens (including phenoxy) is 1. The Morgan fingerprint density at radius 3 is 2.32 bits per heavy atom. The molecular weight excluding hydrogens is 427 g/mol. The van der Waals surface area contributed by atoms with Gasteiger partial charge < -0.3 is 10.1 Å². The summed E-state index contributed by atoms with van der Waals surface area (Å²) < 4.78 is 30.3. The van der Waals surface area contributed by atoms with Gasteiger partial charge in [0.2, 0.25) is 10.0 Å². The lowest BCUT2D eigenvalue weighted by atomic mass is 10.2. The minimum Gasteiger partial charge on any atom is -0.452 e. The second-order valence-electron chi connectivity index (χ2n) is 5.91. The largest absolute Gasteiger partial charge is 0.452 e. The lowest BCUT2D eigenvalue weighted by Crippen LogP contribution is -2.28. The van der Waals surface area contributed by atoms with Gasteiger partial charge in [0.05, 0.1) is 15.5 Å². The molecule has 0 fully saturated rings. The maximum absolute atomic E-state index is 12.2. The third-order valence-corrected chi connectivity index (χ3v) is 6.07. The van der Waals surface area contributed by atoms with Gasteiger partial charge in [-0.05, 0) is 35.9 Å². The summed E-state index contributed by atoms with van der Waals surface area (Å²) in [5.74, 6) is -1.42. The Morgan fingerprint density at radius 1 is 1.07 bits per heavy atom. The van der Waals surface area contributed by atoms with Crippen molar-refractivity contribution in [1.29, 1.82) is 0 Å². The normalized spacial score (nSPS) is 11.3. The van der Waals surface area contributed by atoms with E-state index in [0.717, 1.165) is 15.9 Å². The van der Waals surface area contributed by atoms with Crippen LogP contribution in [0.2, 0.25) is 10.0 Å². The predicted molar refractivity (Wildman–Crippen MR) is 106 cm³/mol. The molecule has 0 aliphatic carbocycles. The highest BCUT2D eigenvalue weighted by Gasteiger charge is 2.21. The maximum atomic E-state index is 12.2. The first kappa shape index (κ1) is 22.2. The summed E-state index contributed by atoms with van der Waals surface area (Å²) in [4.78, 5) is 24.0. The number of hydrogen-bond donors (Lipinski definition) is 1. The fraction of sp³-hybridized carbons (Fsp3) is 0.222. The fourth-order valence-electron chi connectivity index (χ4n) is 2.09. The van der Waals surface area contributed by atoms with Gasteiger partial charge in [-0.15, -0.1) is 0 Å². The van der Waals surface area contributed by atoms with Gasteiger partial charge >= 0.3 is 5.97 Å². The van der Waals surface area contributed by atoms with Crippen LogP contribution in [0.5, 0.6) is 0 Å². The highest BCUT2D eigenvalue weighted by Crippen LogP contribution is 2.22. The molecule has 0 bridgehead atoms. The van der Waals surface area contributed by atoms with E-state index in [4.69, 9.17) is 27.9 Å². The standard InChI is InChI=1S/C18H18Cl2N2O5S/c1-22(2)28(25,26)14-7-8-16(20)15(9-14)18(24)27-11-17(23)21-10-12-3-5-13(19)6-4-12/h3-9H,10-11H2,1-2H3,(H,21,23). The monoisotopic (exact) mass is 444 g/mol. The number of esters is 1. The molecule has 28 heavy (non-hydrogen) atoms. The van der Waals surface area contributed by atoms with Crippen molar-refractivity contribution in [3.8, 4) is 0 Å². The minimum absolute atomic E-state index is 0.0179. The van der Waals surface area contributed by atoms with E-state index in [1.165, 1.54) is 26.2 Å². The van der Waals surface area contributed by atoms with Crippen LogP contribution in [0.25, 0.3) is 0 Å². The molecule has 1 amide bonds. The Balaban J connectivity index is 1.98. The van der Waals surface area contributed by atoms with Crippen molar-refractivity contribution in [3.63, 3.8) is 0 Å². The van der Waals surface area contributed by atoms with Crippen LogP contribution in [0, 0.1) is 0 Å². The number of rotatable bonds is 7. The Morgan fingerprint density at radius 2 is 1.71 bits per heavy atom. The van der Waals surface area contributed by atoms with Gasteiger partial charge in [-0.3, -0.25) is 4.79 Å². The molecule has 0 unspecified atom stereocenters. The number of carbonyl (C=O) groups excluding carboxylic acids is 2. The first-order valence-electron chi connectivity index (χ1n) is 8.01. The molecule has 0 atom stereocenters. The van der Waals surface area contributed by atoms with E-state index in [-0.39, 0.29) is 22.0 Å². The summed E-state index contributed by atoms with van der Waals surface area (Å²) in [6.07, 6.45) is 0. The summed E-state index contributed by atoms with van der Waals surface area (Å²) in [6, 6.07) is 10.6. The molecule has 0 saturated heterocycles. The summed E-state index contributed by atoms with van der Waals surface area (Å²) in [7, 11) is -1.01. The molecule has 0 aliphatic rings. The van der Waals surface area contributed by atoms with E-state index in [0.29, 0.717) is 5.02 Å². The molecule has 150 valence electrons. The number of sulfonamides is 1. The molecule has 10 heteroatoms. The molecular formula is C18H18Cl2N2O5S. The summed E-state index contributed by atoms with van der Waals surface area (Å²) in [6.45, 7) is -0.293. The van der Waals surface area contributed by atoms with E-state index in [1.54, 1.807) is 24.3 Å². The van der Waals surface area contributed by atoms with Gasteiger partial charge in [-0.25, -0.2) is 17.5 Å². The zero-order chi connectivity index (χ0) is 20.9. The van der Waals surface area contributed by atoms with Crippen LogP contribution in [0.3, 0.4) is 0 Å². The average molecular weight is 445 g/mol. The van der Waals surface area contributed by atoms with Crippen LogP contribution in [0.15, 0.2) is 47.4 Å². The van der Waals surface area contributed by atoms with Crippen molar-refractivity contribution in [2.24, 2.45) is 0 Å². The van der Waals surface area contributed by atoms with Crippen LogP contribution in [-0.2, 0) is 26.1 Å². The number of amides is 1. The molecule has 0 radical (unpaired) electrons. The van der Waals surface area contributed by atoms with Gasteiger partial charge in [0, 0.05) is 25.7 Å². The Labute approximate surface area is 173 Å². The fourth-order valence-corrected chi connectivity index (χ4v) is 3.34. The smallest absolute Gasteiger partial charge is 0.340 e. The SMILES string of the molecule is CN(C)S(=O)(=O)c1ccc(Cl)c(C(=O)OCC(=O)NCc2ccc(Cl)cc2)c1. The van der Waals surface area contributed by atoms with Crippen LogP contribution >= 0.6 is 23.2 Å². The Hall–Kier alpha value is -2.13. The van der Waals surface area contributed by atoms with Crippen LogP contribution in [-0.4, -0.2) is 45.3 Å². The summed E-state index contributed by atoms with van der Waals surface area (Å²) in [5.41, 5.74) is 0.684. The van der Waals surface area contributed by atoms with Crippen molar-refractivity contribution in [2.45, 2.75) is 11.4 Å². The first-order valence-corrected chi connectivity index (χ1v) is 10.2. The first-order chi connectivity index (χ1) is 13.1. The van der Waals surface area contributed by atoms with Crippen LogP contribution in [0.1, 0.15) is 15.9 Å². The molecule has 0 heterocycles. The summed E-state index contributed by atoms with van der Waals surface area (Å²) >= 11 is 11.8. The van der Waals surface area contributed by atoms with Crippen LogP contribution < -0.4 is 5.32 Å². The number of halogens is 2. The molecule has 0 saturated carbocycles. The molecule has 0 spiro atoms. The van der Waals surface area contributed by atoms with Gasteiger partial charge in [-0.2, -0.15) is 0 Å². The third-order valence-electron chi connectivity index (χ3n) is 3.67. The minimum atomic E-state index is -3.75. The van der Waals surface area contributed by atoms with E-state index in [2.05, 4.69) is 5.32 Å². The molecule has 7 nitrogen and oxygen atoms in total. The van der Waals surface area contributed by atoms with Gasteiger partial charge in [0.15, 0.2) is 6.61 Å². The van der Waals surface area contributed by atoms with Gasteiger partial charge in [0.25, 0.3) is 5.91 Å². The lowest BCUT2D eigenvalue weighted by Gasteiger charge is -2.13. The second-order valence-corrected chi connectivity index (χ2v) is 8.90. The Kier molecular flexibility index (Phi) is 7.42. The Bertz CT molecular complexity index is 976. The van der Waals surface area contributed by atoms with E-state index in [1.807, 2.05) is 0 Å². The molecule has 0 aliphatic heterocycles. The molecule has 0 aromatic heterocycles. The number of benzene rings is 2. The zero-order valence-electron chi connectivity index (χ0n) is 15.1.